The third-order valence-electron chi connectivity index (χ3n) is 2.61. The van der Waals surface area contributed by atoms with E-state index < -0.39 is 5.41 Å². The zero-order chi connectivity index (χ0) is 10.1. The average molecular weight is 182 g/mol. The van der Waals surface area contributed by atoms with Gasteiger partial charge in [-0.25, -0.2) is 0 Å². The summed E-state index contributed by atoms with van der Waals surface area (Å²) >= 11 is 0. The Bertz CT molecular complexity index is 277. The molecule has 1 N–H and O–H groups in total. The molecular weight excluding hydrogens is 168 g/mol. The van der Waals surface area contributed by atoms with E-state index in [4.69, 9.17) is 0 Å². The van der Waals surface area contributed by atoms with Gasteiger partial charge in [-0.05, 0) is 19.8 Å². The van der Waals surface area contributed by atoms with Crippen LogP contribution in [0.5, 0.6) is 0 Å². The van der Waals surface area contributed by atoms with Gasteiger partial charge in [-0.2, -0.15) is 4.99 Å². The molecule has 0 atom stereocenters. The largest absolute Gasteiger partial charge is 0.313 e. The van der Waals surface area contributed by atoms with Gasteiger partial charge in [0.15, 0.2) is 0 Å². The number of nitrogens with zero attached hydrogens (tertiary/aromatic N) is 1. The molecule has 0 aromatic rings. The topological polar surface area (TPSA) is 58.5 Å². The van der Waals surface area contributed by atoms with Crippen LogP contribution in [0.1, 0.15) is 33.6 Å². The molecule has 0 spiro atoms. The minimum atomic E-state index is -0.917. The summed E-state index contributed by atoms with van der Waals surface area (Å²) in [4.78, 5) is 26.9. The van der Waals surface area contributed by atoms with Crippen molar-refractivity contribution in [3.63, 3.8) is 0 Å². The first-order valence-electron chi connectivity index (χ1n) is 4.48. The predicted molar refractivity (Wildman–Crippen MR) is 49.3 cm³/mol. The zero-order valence-electron chi connectivity index (χ0n) is 8.18. The molecule has 4 nitrogen and oxygen atoms in total. The summed E-state index contributed by atoms with van der Waals surface area (Å²) in [6.45, 7) is 5.28. The first-order chi connectivity index (χ1) is 6.06. The molecular formula is C9H14N2O2. The van der Waals surface area contributed by atoms with Crippen molar-refractivity contribution in [2.75, 3.05) is 0 Å². The molecule has 1 rings (SSSR count). The first kappa shape index (κ1) is 9.89. The fourth-order valence-electron chi connectivity index (χ4n) is 1.54. The van der Waals surface area contributed by atoms with Crippen molar-refractivity contribution >= 4 is 17.6 Å². The Kier molecular flexibility index (Phi) is 2.50. The average Bonchev–Trinajstić information content (AvgIpc) is 2.05. The van der Waals surface area contributed by atoms with Gasteiger partial charge < -0.3 is 5.32 Å². The van der Waals surface area contributed by atoms with Crippen LogP contribution < -0.4 is 5.32 Å². The van der Waals surface area contributed by atoms with Crippen LogP contribution in [0.15, 0.2) is 4.99 Å². The molecule has 0 fully saturated rings. The van der Waals surface area contributed by atoms with Crippen molar-refractivity contribution in [1.82, 2.24) is 5.32 Å². The minimum Gasteiger partial charge on any atom is -0.313 e. The minimum absolute atomic E-state index is 0.213. The number of rotatable bonds is 2. The Morgan fingerprint density at radius 1 is 1.31 bits per heavy atom. The quantitative estimate of drug-likeness (QED) is 0.644. The lowest BCUT2D eigenvalue weighted by Gasteiger charge is -2.29. The van der Waals surface area contributed by atoms with E-state index in [1.165, 1.54) is 0 Å². The Balaban J connectivity index is 3.11. The lowest BCUT2D eigenvalue weighted by Crippen LogP contribution is -2.51. The molecule has 1 heterocycles. The fourth-order valence-corrected chi connectivity index (χ4v) is 1.54. The van der Waals surface area contributed by atoms with Gasteiger partial charge in [-0.1, -0.05) is 13.8 Å². The van der Waals surface area contributed by atoms with Crippen molar-refractivity contribution in [1.29, 1.82) is 0 Å². The van der Waals surface area contributed by atoms with Crippen LogP contribution in [0.4, 0.5) is 0 Å². The molecule has 0 saturated heterocycles. The third kappa shape index (κ3) is 1.36. The SMILES string of the molecule is CCC1(CC)C(=O)N=C(C)NC1=O. The van der Waals surface area contributed by atoms with Gasteiger partial charge in [0.05, 0.1) is 0 Å². The number of nitrogens with one attached hydrogen (secondary N) is 1. The lowest BCUT2D eigenvalue weighted by atomic mass is 9.79. The summed E-state index contributed by atoms with van der Waals surface area (Å²) in [7, 11) is 0. The van der Waals surface area contributed by atoms with Crippen LogP contribution in [-0.2, 0) is 9.59 Å². The summed E-state index contributed by atoms with van der Waals surface area (Å²) in [5, 5.41) is 2.59. The van der Waals surface area contributed by atoms with Crippen molar-refractivity contribution in [2.45, 2.75) is 33.6 Å². The molecule has 0 radical (unpaired) electrons. The van der Waals surface area contributed by atoms with E-state index in [1.807, 2.05) is 13.8 Å². The smallest absolute Gasteiger partial charge is 0.263 e. The monoisotopic (exact) mass is 182 g/mol. The van der Waals surface area contributed by atoms with E-state index in [-0.39, 0.29) is 11.8 Å². The van der Waals surface area contributed by atoms with Crippen LogP contribution in [0, 0.1) is 5.41 Å². The molecule has 4 heteroatoms. The molecule has 0 unspecified atom stereocenters. The Labute approximate surface area is 77.4 Å². The standard InChI is InChI=1S/C9H14N2O2/c1-4-9(5-2)7(12)10-6(3)11-8(9)13/h4-5H2,1-3H3,(H,10,11,12,13). The summed E-state index contributed by atoms with van der Waals surface area (Å²) in [6, 6.07) is 0. The van der Waals surface area contributed by atoms with Gasteiger partial charge in [0, 0.05) is 0 Å². The van der Waals surface area contributed by atoms with Crippen LogP contribution in [0.25, 0.3) is 0 Å². The van der Waals surface area contributed by atoms with Crippen molar-refractivity contribution < 1.29 is 9.59 Å². The molecule has 0 aromatic carbocycles. The van der Waals surface area contributed by atoms with E-state index in [1.54, 1.807) is 6.92 Å². The van der Waals surface area contributed by atoms with Gasteiger partial charge in [-0.15, -0.1) is 0 Å². The van der Waals surface area contributed by atoms with Gasteiger partial charge in [0.25, 0.3) is 5.91 Å². The summed E-state index contributed by atoms with van der Waals surface area (Å²) in [5.74, 6) is -0.124. The van der Waals surface area contributed by atoms with Crippen LogP contribution in [0.2, 0.25) is 0 Å². The summed E-state index contributed by atoms with van der Waals surface area (Å²) < 4.78 is 0. The highest BCUT2D eigenvalue weighted by Gasteiger charge is 2.45. The third-order valence-corrected chi connectivity index (χ3v) is 2.61. The van der Waals surface area contributed by atoms with Crippen molar-refractivity contribution in [3.8, 4) is 0 Å². The molecule has 0 bridgehead atoms. The van der Waals surface area contributed by atoms with E-state index in [2.05, 4.69) is 10.3 Å². The number of carbonyl (C=O) groups is 2. The maximum atomic E-state index is 11.6. The molecule has 0 aromatic heterocycles. The van der Waals surface area contributed by atoms with E-state index in [0.717, 1.165) is 0 Å². The maximum absolute atomic E-state index is 11.6. The highest BCUT2D eigenvalue weighted by molar-refractivity contribution is 6.18. The number of hydrogen-bond acceptors (Lipinski definition) is 2. The number of hydrogen-bond donors (Lipinski definition) is 1. The van der Waals surface area contributed by atoms with Gasteiger partial charge >= 0.3 is 0 Å². The summed E-state index contributed by atoms with van der Waals surface area (Å²) in [6.07, 6.45) is 1.01. The van der Waals surface area contributed by atoms with Gasteiger partial charge in [-0.3, -0.25) is 9.59 Å². The van der Waals surface area contributed by atoms with Gasteiger partial charge in [0.2, 0.25) is 5.91 Å². The predicted octanol–water partition coefficient (Wildman–Crippen LogP) is 0.868. The van der Waals surface area contributed by atoms with Crippen LogP contribution in [-0.4, -0.2) is 17.6 Å². The van der Waals surface area contributed by atoms with Crippen LogP contribution in [0.3, 0.4) is 0 Å². The summed E-state index contributed by atoms with van der Waals surface area (Å²) in [5.41, 5.74) is -0.917. The number of carbonyl (C=O) groups excluding carboxylic acids is 2. The van der Waals surface area contributed by atoms with E-state index in [9.17, 15) is 9.59 Å². The molecule has 2 amide bonds. The highest BCUT2D eigenvalue weighted by Crippen LogP contribution is 2.30. The second-order valence-corrected chi connectivity index (χ2v) is 3.25. The Morgan fingerprint density at radius 3 is 2.23 bits per heavy atom. The lowest BCUT2D eigenvalue weighted by molar-refractivity contribution is -0.142. The molecule has 72 valence electrons. The number of amides is 2. The van der Waals surface area contributed by atoms with E-state index in [0.29, 0.717) is 18.7 Å². The Morgan fingerprint density at radius 2 is 1.85 bits per heavy atom. The molecule has 1 aliphatic rings. The normalized spacial score (nSPS) is 21.0. The molecule has 1 aliphatic heterocycles. The number of amidine groups is 1. The molecule has 0 saturated carbocycles. The highest BCUT2D eigenvalue weighted by atomic mass is 16.2. The molecule has 0 aliphatic carbocycles. The Hall–Kier alpha value is -1.19. The molecule has 13 heavy (non-hydrogen) atoms. The maximum Gasteiger partial charge on any atom is 0.263 e. The van der Waals surface area contributed by atoms with Gasteiger partial charge in [0.1, 0.15) is 11.3 Å². The van der Waals surface area contributed by atoms with Crippen molar-refractivity contribution in [3.05, 3.63) is 0 Å². The second-order valence-electron chi connectivity index (χ2n) is 3.25. The van der Waals surface area contributed by atoms with E-state index >= 15 is 0 Å². The zero-order valence-corrected chi connectivity index (χ0v) is 8.18. The second kappa shape index (κ2) is 3.28. The fraction of sp³-hybridized carbons (Fsp3) is 0.667. The number of aliphatic imine (C=N–C) groups is 1. The first-order valence-corrected chi connectivity index (χ1v) is 4.48. The van der Waals surface area contributed by atoms with Crippen molar-refractivity contribution in [2.24, 2.45) is 10.4 Å². The van der Waals surface area contributed by atoms with Crippen LogP contribution >= 0.6 is 0 Å².